The van der Waals surface area contributed by atoms with E-state index >= 15 is 0 Å². The van der Waals surface area contributed by atoms with Crippen molar-refractivity contribution in [2.24, 2.45) is 5.73 Å². The maximum absolute atomic E-state index is 12.7. The molecule has 1 heterocycles. The van der Waals surface area contributed by atoms with Gasteiger partial charge in [-0.05, 0) is 35.7 Å². The molecule has 2 rings (SSSR count). The Morgan fingerprint density at radius 1 is 1.25 bits per heavy atom. The van der Waals surface area contributed by atoms with Crippen molar-refractivity contribution in [3.05, 3.63) is 52.5 Å². The third kappa shape index (κ3) is 2.59. The van der Waals surface area contributed by atoms with Crippen LogP contribution in [0.25, 0.3) is 0 Å². The lowest BCUT2D eigenvalue weighted by atomic mass is 10.2. The zero-order valence-corrected chi connectivity index (χ0v) is 9.51. The number of thiophene rings is 1. The topological polar surface area (TPSA) is 38.0 Å². The third-order valence-corrected chi connectivity index (χ3v) is 3.29. The predicted molar refractivity (Wildman–Crippen MR) is 66.1 cm³/mol. The molecular formula is C12H13FN2S. The molecule has 0 bridgehead atoms. The van der Waals surface area contributed by atoms with Crippen LogP contribution in [0.3, 0.4) is 0 Å². The van der Waals surface area contributed by atoms with E-state index in [2.05, 4.69) is 5.32 Å². The monoisotopic (exact) mass is 236 g/mol. The number of rotatable bonds is 4. The van der Waals surface area contributed by atoms with Crippen LogP contribution in [0.5, 0.6) is 0 Å². The molecule has 84 valence electrons. The Morgan fingerprint density at radius 2 is 2.00 bits per heavy atom. The summed E-state index contributed by atoms with van der Waals surface area (Å²) in [5, 5.41) is 5.30. The summed E-state index contributed by atoms with van der Waals surface area (Å²) in [7, 11) is 0. The molecule has 0 aliphatic rings. The van der Waals surface area contributed by atoms with Crippen LogP contribution in [0.1, 0.15) is 10.9 Å². The Balaban J connectivity index is 2.10. The lowest BCUT2D eigenvalue weighted by molar-refractivity contribution is 0.628. The minimum atomic E-state index is -0.231. The fourth-order valence-corrected chi connectivity index (χ4v) is 2.27. The number of hydrogen-bond donors (Lipinski definition) is 2. The SMILES string of the molecule is NCC(Nc1ccc(F)cc1)c1cccs1. The van der Waals surface area contributed by atoms with Gasteiger partial charge in [-0.2, -0.15) is 0 Å². The third-order valence-electron chi connectivity index (χ3n) is 2.31. The number of nitrogens with two attached hydrogens (primary N) is 1. The maximum Gasteiger partial charge on any atom is 0.123 e. The maximum atomic E-state index is 12.7. The summed E-state index contributed by atoms with van der Waals surface area (Å²) in [6, 6.07) is 10.4. The molecular weight excluding hydrogens is 223 g/mol. The van der Waals surface area contributed by atoms with Crippen LogP contribution in [0.2, 0.25) is 0 Å². The Morgan fingerprint density at radius 3 is 2.56 bits per heavy atom. The van der Waals surface area contributed by atoms with E-state index in [0.717, 1.165) is 5.69 Å². The van der Waals surface area contributed by atoms with Gasteiger partial charge in [0.1, 0.15) is 5.82 Å². The number of benzene rings is 1. The molecule has 0 spiro atoms. The summed E-state index contributed by atoms with van der Waals surface area (Å²) in [4.78, 5) is 1.19. The Bertz CT molecular complexity index is 425. The van der Waals surface area contributed by atoms with Gasteiger partial charge in [0, 0.05) is 17.1 Å². The first-order valence-electron chi connectivity index (χ1n) is 5.05. The fourth-order valence-electron chi connectivity index (χ4n) is 1.48. The summed E-state index contributed by atoms with van der Waals surface area (Å²) >= 11 is 1.66. The molecule has 2 aromatic rings. The van der Waals surface area contributed by atoms with Gasteiger partial charge >= 0.3 is 0 Å². The van der Waals surface area contributed by atoms with Crippen LogP contribution in [0.15, 0.2) is 41.8 Å². The van der Waals surface area contributed by atoms with E-state index < -0.39 is 0 Å². The van der Waals surface area contributed by atoms with E-state index in [9.17, 15) is 4.39 Å². The fraction of sp³-hybridized carbons (Fsp3) is 0.167. The lowest BCUT2D eigenvalue weighted by Gasteiger charge is -2.16. The Kier molecular flexibility index (Phi) is 3.54. The summed E-state index contributed by atoms with van der Waals surface area (Å²) in [6.45, 7) is 0.512. The molecule has 0 aliphatic heterocycles. The van der Waals surface area contributed by atoms with Gasteiger partial charge in [-0.3, -0.25) is 0 Å². The highest BCUT2D eigenvalue weighted by molar-refractivity contribution is 7.10. The number of halogens is 1. The van der Waals surface area contributed by atoms with Gasteiger partial charge in [0.15, 0.2) is 0 Å². The van der Waals surface area contributed by atoms with Gasteiger partial charge in [0.2, 0.25) is 0 Å². The van der Waals surface area contributed by atoms with E-state index in [1.165, 1.54) is 17.0 Å². The van der Waals surface area contributed by atoms with E-state index in [-0.39, 0.29) is 11.9 Å². The predicted octanol–water partition coefficient (Wildman–Crippen LogP) is 3.00. The highest BCUT2D eigenvalue weighted by atomic mass is 32.1. The molecule has 1 atom stereocenters. The first-order chi connectivity index (χ1) is 7.79. The molecule has 1 unspecified atom stereocenters. The molecule has 0 amide bonds. The largest absolute Gasteiger partial charge is 0.376 e. The van der Waals surface area contributed by atoms with E-state index in [0.29, 0.717) is 6.54 Å². The van der Waals surface area contributed by atoms with Crippen molar-refractivity contribution in [3.8, 4) is 0 Å². The van der Waals surface area contributed by atoms with E-state index in [1.807, 2.05) is 17.5 Å². The van der Waals surface area contributed by atoms with Crippen LogP contribution >= 0.6 is 11.3 Å². The first kappa shape index (κ1) is 11.1. The molecule has 16 heavy (non-hydrogen) atoms. The molecule has 3 N–H and O–H groups in total. The average Bonchev–Trinajstić information content (AvgIpc) is 2.82. The molecule has 1 aromatic carbocycles. The van der Waals surface area contributed by atoms with Crippen LogP contribution in [-0.4, -0.2) is 6.54 Å². The molecule has 1 aromatic heterocycles. The first-order valence-corrected chi connectivity index (χ1v) is 5.93. The second kappa shape index (κ2) is 5.09. The normalized spacial score (nSPS) is 12.4. The quantitative estimate of drug-likeness (QED) is 0.856. The zero-order chi connectivity index (χ0) is 11.4. The number of anilines is 1. The van der Waals surface area contributed by atoms with Crippen molar-refractivity contribution in [2.75, 3.05) is 11.9 Å². The van der Waals surface area contributed by atoms with Crippen LogP contribution in [-0.2, 0) is 0 Å². The van der Waals surface area contributed by atoms with Crippen LogP contribution in [0.4, 0.5) is 10.1 Å². The minimum Gasteiger partial charge on any atom is -0.376 e. The standard InChI is InChI=1S/C12H13FN2S/c13-9-3-5-10(6-4-9)15-11(8-14)12-2-1-7-16-12/h1-7,11,15H,8,14H2. The number of nitrogens with one attached hydrogen (secondary N) is 1. The van der Waals surface area contributed by atoms with E-state index in [4.69, 9.17) is 5.73 Å². The van der Waals surface area contributed by atoms with Gasteiger partial charge in [0.05, 0.1) is 6.04 Å². The molecule has 0 saturated heterocycles. The summed E-state index contributed by atoms with van der Waals surface area (Å²) in [6.07, 6.45) is 0. The van der Waals surface area contributed by atoms with Gasteiger partial charge in [-0.25, -0.2) is 4.39 Å². The second-order valence-electron chi connectivity index (χ2n) is 3.45. The van der Waals surface area contributed by atoms with Crippen molar-refractivity contribution in [3.63, 3.8) is 0 Å². The summed E-state index contributed by atoms with van der Waals surface area (Å²) in [5.74, 6) is -0.231. The summed E-state index contributed by atoms with van der Waals surface area (Å²) in [5.41, 5.74) is 6.59. The van der Waals surface area contributed by atoms with Gasteiger partial charge in [0.25, 0.3) is 0 Å². The van der Waals surface area contributed by atoms with Gasteiger partial charge in [-0.15, -0.1) is 11.3 Å². The van der Waals surface area contributed by atoms with Crippen molar-refractivity contribution >= 4 is 17.0 Å². The average molecular weight is 236 g/mol. The van der Waals surface area contributed by atoms with Gasteiger partial charge in [-0.1, -0.05) is 6.07 Å². The summed E-state index contributed by atoms with van der Waals surface area (Å²) < 4.78 is 12.7. The Labute approximate surface area is 97.9 Å². The smallest absolute Gasteiger partial charge is 0.123 e. The molecule has 2 nitrogen and oxygen atoms in total. The highest BCUT2D eigenvalue weighted by Crippen LogP contribution is 2.22. The van der Waals surface area contributed by atoms with E-state index in [1.54, 1.807) is 23.5 Å². The van der Waals surface area contributed by atoms with Gasteiger partial charge < -0.3 is 11.1 Å². The highest BCUT2D eigenvalue weighted by Gasteiger charge is 2.09. The molecule has 0 aliphatic carbocycles. The van der Waals surface area contributed by atoms with Crippen molar-refractivity contribution in [1.82, 2.24) is 0 Å². The van der Waals surface area contributed by atoms with Crippen LogP contribution in [0, 0.1) is 5.82 Å². The Hall–Kier alpha value is -1.39. The second-order valence-corrected chi connectivity index (χ2v) is 4.43. The minimum absolute atomic E-state index is 0.0884. The molecule has 0 fully saturated rings. The molecule has 0 radical (unpaired) electrons. The van der Waals surface area contributed by atoms with Crippen molar-refractivity contribution < 1.29 is 4.39 Å². The van der Waals surface area contributed by atoms with Crippen molar-refractivity contribution in [1.29, 1.82) is 0 Å². The van der Waals surface area contributed by atoms with Crippen LogP contribution < -0.4 is 11.1 Å². The van der Waals surface area contributed by atoms with Crippen molar-refractivity contribution in [2.45, 2.75) is 6.04 Å². The lowest BCUT2D eigenvalue weighted by Crippen LogP contribution is -2.19. The molecule has 0 saturated carbocycles. The zero-order valence-electron chi connectivity index (χ0n) is 8.69. The number of hydrogen-bond acceptors (Lipinski definition) is 3. The molecule has 4 heteroatoms.